The van der Waals surface area contributed by atoms with Gasteiger partial charge in [0.1, 0.15) is 0 Å². The van der Waals surface area contributed by atoms with E-state index in [-0.39, 0.29) is 5.91 Å². The molecule has 1 saturated heterocycles. The van der Waals surface area contributed by atoms with Crippen molar-refractivity contribution in [2.45, 2.75) is 39.3 Å². The lowest BCUT2D eigenvalue weighted by molar-refractivity contribution is -0.127. The van der Waals surface area contributed by atoms with E-state index < -0.39 is 0 Å². The number of aromatic amines is 1. The number of likely N-dealkylation sites (tertiary alicyclic amines) is 1. The third kappa shape index (κ3) is 3.06. The number of nitrogens with one attached hydrogen (secondary N) is 2. The second-order valence-electron chi connectivity index (χ2n) is 4.75. The maximum atomic E-state index is 11.5. The highest BCUT2D eigenvalue weighted by Gasteiger charge is 2.21. The Kier molecular flexibility index (Phi) is 3.78. The van der Waals surface area contributed by atoms with Crippen LogP contribution in [-0.2, 0) is 11.3 Å². The fourth-order valence-electron chi connectivity index (χ4n) is 2.13. The number of hydrogen-bond acceptors (Lipinski definition) is 3. The van der Waals surface area contributed by atoms with E-state index in [1.807, 2.05) is 18.0 Å². The van der Waals surface area contributed by atoms with Gasteiger partial charge in [0, 0.05) is 43.4 Å². The van der Waals surface area contributed by atoms with Crippen LogP contribution >= 0.6 is 0 Å². The summed E-state index contributed by atoms with van der Waals surface area (Å²) in [7, 11) is 0. The van der Waals surface area contributed by atoms with Crippen LogP contribution in [0.15, 0.2) is 6.20 Å². The van der Waals surface area contributed by atoms with Crippen molar-refractivity contribution >= 4 is 5.91 Å². The summed E-state index contributed by atoms with van der Waals surface area (Å²) < 4.78 is 0. The largest absolute Gasteiger partial charge is 0.341 e. The average molecular weight is 236 g/mol. The lowest BCUT2D eigenvalue weighted by Crippen LogP contribution is -2.39. The normalized spacial score (nSPS) is 17.8. The van der Waals surface area contributed by atoms with E-state index in [2.05, 4.69) is 22.4 Å². The number of carbonyl (C=O) groups is 1. The number of carbonyl (C=O) groups excluding carboxylic acids is 1. The van der Waals surface area contributed by atoms with Crippen molar-refractivity contribution in [3.05, 3.63) is 17.5 Å². The Labute approximate surface area is 102 Å². The summed E-state index contributed by atoms with van der Waals surface area (Å²) >= 11 is 0. The number of aromatic nitrogens is 2. The summed E-state index contributed by atoms with van der Waals surface area (Å²) in [5, 5.41) is 10.3. The second-order valence-corrected chi connectivity index (χ2v) is 4.75. The van der Waals surface area contributed by atoms with Gasteiger partial charge in [0.05, 0.1) is 6.20 Å². The molecule has 0 spiro atoms. The van der Waals surface area contributed by atoms with Crippen molar-refractivity contribution in [3.8, 4) is 0 Å². The summed E-state index contributed by atoms with van der Waals surface area (Å²) in [5.41, 5.74) is 2.28. The van der Waals surface area contributed by atoms with Crippen LogP contribution in [0.2, 0.25) is 0 Å². The van der Waals surface area contributed by atoms with Crippen LogP contribution in [0.25, 0.3) is 0 Å². The zero-order valence-corrected chi connectivity index (χ0v) is 10.5. The molecule has 0 aromatic carbocycles. The van der Waals surface area contributed by atoms with E-state index in [0.29, 0.717) is 12.5 Å². The minimum atomic E-state index is 0.290. The average Bonchev–Trinajstić information content (AvgIpc) is 2.86. The highest BCUT2D eigenvalue weighted by molar-refractivity contribution is 5.78. The van der Waals surface area contributed by atoms with Gasteiger partial charge in [0.15, 0.2) is 0 Å². The SMILES string of the molecule is Cc1[nH]ncc1CNC(C)CN1CCCC1=O. The summed E-state index contributed by atoms with van der Waals surface area (Å²) in [5.74, 6) is 0.290. The van der Waals surface area contributed by atoms with E-state index >= 15 is 0 Å². The van der Waals surface area contributed by atoms with Gasteiger partial charge in [0.25, 0.3) is 0 Å². The highest BCUT2D eigenvalue weighted by atomic mass is 16.2. The Hall–Kier alpha value is -1.36. The molecule has 1 atom stereocenters. The molecule has 0 bridgehead atoms. The molecular formula is C12H20N4O. The second kappa shape index (κ2) is 5.31. The fourth-order valence-corrected chi connectivity index (χ4v) is 2.13. The molecule has 1 aromatic heterocycles. The topological polar surface area (TPSA) is 61.0 Å². The smallest absolute Gasteiger partial charge is 0.222 e. The highest BCUT2D eigenvalue weighted by Crippen LogP contribution is 2.10. The number of amides is 1. The van der Waals surface area contributed by atoms with Gasteiger partial charge >= 0.3 is 0 Å². The first-order chi connectivity index (χ1) is 8.16. The molecule has 17 heavy (non-hydrogen) atoms. The Morgan fingerprint density at radius 3 is 3.06 bits per heavy atom. The van der Waals surface area contributed by atoms with Crippen LogP contribution in [0.5, 0.6) is 0 Å². The zero-order chi connectivity index (χ0) is 12.3. The maximum Gasteiger partial charge on any atom is 0.222 e. The van der Waals surface area contributed by atoms with Crippen molar-refractivity contribution in [2.24, 2.45) is 0 Å². The summed E-state index contributed by atoms with van der Waals surface area (Å²) in [4.78, 5) is 13.4. The van der Waals surface area contributed by atoms with E-state index in [4.69, 9.17) is 0 Å². The number of aryl methyl sites for hydroxylation is 1. The van der Waals surface area contributed by atoms with Crippen molar-refractivity contribution in [1.82, 2.24) is 20.4 Å². The Morgan fingerprint density at radius 1 is 1.65 bits per heavy atom. The summed E-state index contributed by atoms with van der Waals surface area (Å²) in [6.45, 7) is 6.64. The molecule has 1 amide bonds. The molecule has 0 radical (unpaired) electrons. The van der Waals surface area contributed by atoms with Gasteiger partial charge in [-0.25, -0.2) is 0 Å². The molecule has 1 aromatic rings. The molecule has 1 unspecified atom stereocenters. The molecule has 5 heteroatoms. The molecule has 1 aliphatic rings. The van der Waals surface area contributed by atoms with Crippen LogP contribution in [-0.4, -0.2) is 40.1 Å². The quantitative estimate of drug-likeness (QED) is 0.795. The zero-order valence-electron chi connectivity index (χ0n) is 10.5. The third-order valence-electron chi connectivity index (χ3n) is 3.24. The fraction of sp³-hybridized carbons (Fsp3) is 0.667. The molecular weight excluding hydrogens is 216 g/mol. The first-order valence-corrected chi connectivity index (χ1v) is 6.17. The third-order valence-corrected chi connectivity index (χ3v) is 3.24. The molecule has 1 aliphatic heterocycles. The molecule has 0 saturated carbocycles. The van der Waals surface area contributed by atoms with Crippen molar-refractivity contribution < 1.29 is 4.79 Å². The number of nitrogens with zero attached hydrogens (tertiary/aromatic N) is 2. The Bertz CT molecular complexity index is 388. The number of hydrogen-bond donors (Lipinski definition) is 2. The maximum absolute atomic E-state index is 11.5. The van der Waals surface area contributed by atoms with Gasteiger partial charge in [-0.1, -0.05) is 0 Å². The van der Waals surface area contributed by atoms with E-state index in [0.717, 1.165) is 31.7 Å². The van der Waals surface area contributed by atoms with Crippen LogP contribution in [0.1, 0.15) is 31.0 Å². The van der Waals surface area contributed by atoms with Crippen molar-refractivity contribution in [2.75, 3.05) is 13.1 Å². The van der Waals surface area contributed by atoms with Crippen LogP contribution in [0, 0.1) is 6.92 Å². The predicted octanol–water partition coefficient (Wildman–Crippen LogP) is 0.819. The summed E-state index contributed by atoms with van der Waals surface area (Å²) in [6, 6.07) is 0.311. The summed E-state index contributed by atoms with van der Waals surface area (Å²) in [6.07, 6.45) is 3.57. The minimum Gasteiger partial charge on any atom is -0.341 e. The van der Waals surface area contributed by atoms with Crippen LogP contribution < -0.4 is 5.32 Å². The van der Waals surface area contributed by atoms with Gasteiger partial charge in [-0.15, -0.1) is 0 Å². The molecule has 2 heterocycles. The Morgan fingerprint density at radius 2 is 2.47 bits per heavy atom. The molecule has 1 fully saturated rings. The van der Waals surface area contributed by atoms with E-state index in [9.17, 15) is 4.79 Å². The van der Waals surface area contributed by atoms with Gasteiger partial charge in [-0.2, -0.15) is 5.10 Å². The van der Waals surface area contributed by atoms with Gasteiger partial charge in [0.2, 0.25) is 5.91 Å². The molecule has 5 nitrogen and oxygen atoms in total. The first-order valence-electron chi connectivity index (χ1n) is 6.17. The van der Waals surface area contributed by atoms with Gasteiger partial charge in [-0.05, 0) is 20.3 Å². The van der Waals surface area contributed by atoms with E-state index in [1.54, 1.807) is 0 Å². The van der Waals surface area contributed by atoms with Crippen molar-refractivity contribution in [3.63, 3.8) is 0 Å². The monoisotopic (exact) mass is 236 g/mol. The van der Waals surface area contributed by atoms with Crippen LogP contribution in [0.3, 0.4) is 0 Å². The van der Waals surface area contributed by atoms with Gasteiger partial charge in [-0.3, -0.25) is 9.89 Å². The Balaban J connectivity index is 1.76. The van der Waals surface area contributed by atoms with Crippen LogP contribution in [0.4, 0.5) is 0 Å². The number of rotatable bonds is 5. The minimum absolute atomic E-state index is 0.290. The van der Waals surface area contributed by atoms with Crippen molar-refractivity contribution in [1.29, 1.82) is 0 Å². The molecule has 2 N–H and O–H groups in total. The lowest BCUT2D eigenvalue weighted by atomic mass is 10.2. The molecule has 94 valence electrons. The predicted molar refractivity (Wildman–Crippen MR) is 65.4 cm³/mol. The molecule has 2 rings (SSSR count). The lowest BCUT2D eigenvalue weighted by Gasteiger charge is -2.21. The van der Waals surface area contributed by atoms with E-state index in [1.165, 1.54) is 5.56 Å². The standard InChI is InChI=1S/C12H20N4O/c1-9(8-16-5-3-4-12(16)17)13-6-11-7-14-15-10(11)2/h7,9,13H,3-6,8H2,1-2H3,(H,14,15). The van der Waals surface area contributed by atoms with Gasteiger partial charge < -0.3 is 10.2 Å². The first kappa shape index (κ1) is 12.1. The molecule has 0 aliphatic carbocycles. The number of H-pyrrole nitrogens is 1.